The largest absolute Gasteiger partial charge is 0.444 e. The summed E-state index contributed by atoms with van der Waals surface area (Å²) in [5.41, 5.74) is 7.71. The molecule has 0 saturated heterocycles. The van der Waals surface area contributed by atoms with E-state index in [0.29, 0.717) is 5.22 Å². The number of hydrogen-bond donors (Lipinski definition) is 1. The average molecular weight is 208 g/mol. The lowest BCUT2D eigenvalue weighted by molar-refractivity contribution is 0.601. The van der Waals surface area contributed by atoms with Crippen LogP contribution in [-0.4, -0.2) is 0 Å². The third-order valence-corrected chi connectivity index (χ3v) is 3.11. The van der Waals surface area contributed by atoms with Crippen LogP contribution in [0.3, 0.4) is 0 Å². The highest BCUT2D eigenvalue weighted by molar-refractivity contribution is 6.31. The predicted octanol–water partition coefficient (Wildman–Crippen LogP) is 3.03. The van der Waals surface area contributed by atoms with E-state index < -0.39 is 0 Å². The third kappa shape index (κ3) is 1.01. The van der Waals surface area contributed by atoms with Crippen molar-refractivity contribution in [3.63, 3.8) is 0 Å². The van der Waals surface area contributed by atoms with Gasteiger partial charge in [0.05, 0.1) is 0 Å². The maximum Gasteiger partial charge on any atom is 0.199 e. The Balaban J connectivity index is 2.36. The lowest BCUT2D eigenvalue weighted by atomic mass is 10.1. The van der Waals surface area contributed by atoms with Gasteiger partial charge in [-0.1, -0.05) is 18.2 Å². The van der Waals surface area contributed by atoms with Crippen LogP contribution < -0.4 is 5.73 Å². The van der Waals surface area contributed by atoms with Gasteiger partial charge in [0, 0.05) is 16.5 Å². The maximum atomic E-state index is 6.13. The Bertz CT molecular complexity index is 499. The highest BCUT2D eigenvalue weighted by Crippen LogP contribution is 2.49. The molecule has 0 atom stereocenters. The van der Waals surface area contributed by atoms with Crippen LogP contribution in [0.5, 0.6) is 0 Å². The van der Waals surface area contributed by atoms with Crippen molar-refractivity contribution in [1.29, 1.82) is 0 Å². The number of furan rings is 1. The summed E-state index contributed by atoms with van der Waals surface area (Å²) >= 11 is 6.05. The molecule has 3 heteroatoms. The van der Waals surface area contributed by atoms with E-state index in [-0.39, 0.29) is 5.54 Å². The van der Waals surface area contributed by atoms with Crippen molar-refractivity contribution in [2.45, 2.75) is 18.4 Å². The van der Waals surface area contributed by atoms with Crippen molar-refractivity contribution >= 4 is 22.6 Å². The minimum atomic E-state index is -0.232. The SMILES string of the molecule is NC1(c2c(Cl)oc3ccccc23)CC1. The average Bonchev–Trinajstić information content (AvgIpc) is 2.79. The fraction of sp³-hybridized carbons (Fsp3) is 0.273. The quantitative estimate of drug-likeness (QED) is 0.781. The van der Waals surface area contributed by atoms with E-state index in [1.54, 1.807) is 0 Å². The molecule has 1 saturated carbocycles. The standard InChI is InChI=1S/C11H10ClNO/c12-10-9(11(13)5-6-11)7-3-1-2-4-8(7)14-10/h1-4H,5-6,13H2. The second-order valence-electron chi connectivity index (χ2n) is 3.90. The van der Waals surface area contributed by atoms with Gasteiger partial charge in [-0.05, 0) is 30.5 Å². The first kappa shape index (κ1) is 8.33. The van der Waals surface area contributed by atoms with Crippen LogP contribution in [0, 0.1) is 0 Å². The van der Waals surface area contributed by atoms with Crippen LogP contribution in [0.15, 0.2) is 28.7 Å². The number of nitrogens with two attached hydrogens (primary N) is 1. The van der Waals surface area contributed by atoms with Crippen LogP contribution in [0.2, 0.25) is 5.22 Å². The summed E-state index contributed by atoms with van der Waals surface area (Å²) in [5, 5.41) is 1.50. The van der Waals surface area contributed by atoms with E-state index >= 15 is 0 Å². The van der Waals surface area contributed by atoms with Crippen molar-refractivity contribution in [2.24, 2.45) is 5.73 Å². The van der Waals surface area contributed by atoms with Gasteiger partial charge in [0.15, 0.2) is 5.22 Å². The number of rotatable bonds is 1. The van der Waals surface area contributed by atoms with Crippen LogP contribution in [0.4, 0.5) is 0 Å². The minimum absolute atomic E-state index is 0.232. The van der Waals surface area contributed by atoms with Crippen molar-refractivity contribution in [2.75, 3.05) is 0 Å². The number of hydrogen-bond acceptors (Lipinski definition) is 2. The smallest absolute Gasteiger partial charge is 0.199 e. The van der Waals surface area contributed by atoms with Gasteiger partial charge in [0.25, 0.3) is 0 Å². The van der Waals surface area contributed by atoms with Crippen LogP contribution in [0.25, 0.3) is 11.0 Å². The molecule has 1 aromatic heterocycles. The number of fused-ring (bicyclic) bond motifs is 1. The molecule has 1 aromatic carbocycles. The number of para-hydroxylation sites is 1. The lowest BCUT2D eigenvalue weighted by Crippen LogP contribution is -2.18. The van der Waals surface area contributed by atoms with Crippen molar-refractivity contribution in [3.8, 4) is 0 Å². The molecule has 2 N–H and O–H groups in total. The molecule has 1 aliphatic carbocycles. The van der Waals surface area contributed by atoms with E-state index in [4.69, 9.17) is 21.8 Å². The van der Waals surface area contributed by atoms with E-state index in [2.05, 4.69) is 0 Å². The summed E-state index contributed by atoms with van der Waals surface area (Å²) < 4.78 is 5.45. The maximum absolute atomic E-state index is 6.13. The van der Waals surface area contributed by atoms with Gasteiger partial charge >= 0.3 is 0 Å². The molecule has 1 fully saturated rings. The molecule has 0 radical (unpaired) electrons. The molecule has 1 aliphatic rings. The van der Waals surface area contributed by atoms with Gasteiger partial charge in [-0.25, -0.2) is 0 Å². The molecule has 0 spiro atoms. The van der Waals surface area contributed by atoms with Gasteiger partial charge in [0.2, 0.25) is 0 Å². The van der Waals surface area contributed by atoms with Gasteiger partial charge in [-0.3, -0.25) is 0 Å². The van der Waals surface area contributed by atoms with Crippen LogP contribution in [0.1, 0.15) is 18.4 Å². The zero-order chi connectivity index (χ0) is 9.76. The lowest BCUT2D eigenvalue weighted by Gasteiger charge is -2.05. The molecule has 72 valence electrons. The normalized spacial score (nSPS) is 18.7. The third-order valence-electron chi connectivity index (χ3n) is 2.84. The molecule has 2 nitrogen and oxygen atoms in total. The second-order valence-corrected chi connectivity index (χ2v) is 4.25. The Morgan fingerprint density at radius 2 is 2.00 bits per heavy atom. The highest BCUT2D eigenvalue weighted by atomic mass is 35.5. The molecule has 0 unspecified atom stereocenters. The molecule has 3 rings (SSSR count). The molecule has 0 amide bonds. The summed E-state index contributed by atoms with van der Waals surface area (Å²) in [4.78, 5) is 0. The summed E-state index contributed by atoms with van der Waals surface area (Å²) in [6.07, 6.45) is 1.99. The molecular formula is C11H10ClNO. The van der Waals surface area contributed by atoms with E-state index in [1.165, 1.54) is 0 Å². The molecular weight excluding hydrogens is 198 g/mol. The Labute approximate surface area is 86.6 Å². The number of halogens is 1. The first-order valence-corrected chi connectivity index (χ1v) is 5.05. The van der Waals surface area contributed by atoms with E-state index in [9.17, 15) is 0 Å². The van der Waals surface area contributed by atoms with Crippen molar-refractivity contribution < 1.29 is 4.42 Å². The Morgan fingerprint density at radius 1 is 1.29 bits per heavy atom. The molecule has 0 bridgehead atoms. The zero-order valence-corrected chi connectivity index (χ0v) is 8.34. The van der Waals surface area contributed by atoms with Crippen molar-refractivity contribution in [3.05, 3.63) is 35.0 Å². The summed E-state index contributed by atoms with van der Waals surface area (Å²) in [6, 6.07) is 7.83. The molecule has 1 heterocycles. The first-order chi connectivity index (χ1) is 6.71. The highest BCUT2D eigenvalue weighted by Gasteiger charge is 2.44. The fourth-order valence-electron chi connectivity index (χ4n) is 1.86. The van der Waals surface area contributed by atoms with Gasteiger partial charge in [-0.15, -0.1) is 0 Å². The second kappa shape index (κ2) is 2.53. The predicted molar refractivity (Wildman–Crippen MR) is 56.3 cm³/mol. The monoisotopic (exact) mass is 207 g/mol. The zero-order valence-electron chi connectivity index (χ0n) is 7.59. The summed E-state index contributed by atoms with van der Waals surface area (Å²) in [7, 11) is 0. The molecule has 0 aliphatic heterocycles. The Kier molecular flexibility index (Phi) is 1.50. The summed E-state index contributed by atoms with van der Waals surface area (Å²) in [5.74, 6) is 0. The summed E-state index contributed by atoms with van der Waals surface area (Å²) in [6.45, 7) is 0. The van der Waals surface area contributed by atoms with Crippen molar-refractivity contribution in [1.82, 2.24) is 0 Å². The number of benzene rings is 1. The minimum Gasteiger partial charge on any atom is -0.444 e. The van der Waals surface area contributed by atoms with Crippen LogP contribution in [-0.2, 0) is 5.54 Å². The Hall–Kier alpha value is -0.990. The first-order valence-electron chi connectivity index (χ1n) is 4.67. The Morgan fingerprint density at radius 3 is 2.71 bits per heavy atom. The van der Waals surface area contributed by atoms with Gasteiger partial charge in [-0.2, -0.15) is 0 Å². The van der Waals surface area contributed by atoms with E-state index in [0.717, 1.165) is 29.4 Å². The topological polar surface area (TPSA) is 39.2 Å². The fourth-order valence-corrected chi connectivity index (χ4v) is 2.24. The van der Waals surface area contributed by atoms with E-state index in [1.807, 2.05) is 24.3 Å². The van der Waals surface area contributed by atoms with Crippen LogP contribution >= 0.6 is 11.6 Å². The van der Waals surface area contributed by atoms with Gasteiger partial charge in [0.1, 0.15) is 5.58 Å². The van der Waals surface area contributed by atoms with Gasteiger partial charge < -0.3 is 10.2 Å². The molecule has 14 heavy (non-hydrogen) atoms. The molecule has 2 aromatic rings.